The molecule has 5 heteroatoms. The van der Waals surface area contributed by atoms with Crippen molar-refractivity contribution in [2.45, 2.75) is 15.9 Å². The summed E-state index contributed by atoms with van der Waals surface area (Å²) in [5.41, 5.74) is 1.94. The van der Waals surface area contributed by atoms with Gasteiger partial charge in [0.05, 0.1) is 7.11 Å². The second-order valence-corrected chi connectivity index (χ2v) is 5.28. The van der Waals surface area contributed by atoms with Crippen LogP contribution in [0.25, 0.3) is 0 Å². The van der Waals surface area contributed by atoms with E-state index in [2.05, 4.69) is 9.62 Å². The molecule has 2 aromatic rings. The maximum atomic E-state index is 11.1. The maximum Gasteiger partial charge on any atom is 0.540 e. The van der Waals surface area contributed by atoms with Gasteiger partial charge >= 0.3 is 6.16 Å². The van der Waals surface area contributed by atoms with Gasteiger partial charge < -0.3 is 4.74 Å². The number of carbonyl (C=O) groups excluding carboxylic acids is 1. The fraction of sp³-hybridized carbons (Fsp3) is 0.133. The molecule has 1 aliphatic heterocycles. The number of fused-ring (bicyclic) bond motifs is 2. The maximum absolute atomic E-state index is 11.1. The van der Waals surface area contributed by atoms with Crippen LogP contribution in [0, 0.1) is 0 Å². The summed E-state index contributed by atoms with van der Waals surface area (Å²) in [6, 6.07) is 15.8. The third-order valence-electron chi connectivity index (χ3n) is 3.00. The van der Waals surface area contributed by atoms with E-state index in [1.807, 2.05) is 48.5 Å². The molecule has 0 spiro atoms. The van der Waals surface area contributed by atoms with E-state index in [0.29, 0.717) is 0 Å². The monoisotopic (exact) mass is 288 g/mol. The third-order valence-corrected chi connectivity index (χ3v) is 4.19. The Hall–Kier alpha value is -1.98. The molecule has 0 N–H and O–H groups in total. The minimum atomic E-state index is -0.863. The van der Waals surface area contributed by atoms with E-state index >= 15 is 0 Å². The highest BCUT2D eigenvalue weighted by molar-refractivity contribution is 7.99. The van der Waals surface area contributed by atoms with Gasteiger partial charge in [-0.1, -0.05) is 48.2 Å². The first kappa shape index (κ1) is 13.0. The van der Waals surface area contributed by atoms with Gasteiger partial charge in [0.1, 0.15) is 0 Å². The lowest BCUT2D eigenvalue weighted by Gasteiger charge is -2.25. The zero-order chi connectivity index (χ0) is 13.9. The predicted octanol–water partition coefficient (Wildman–Crippen LogP) is 3.96. The fourth-order valence-corrected chi connectivity index (χ4v) is 3.21. The molecule has 0 atom stereocenters. The van der Waals surface area contributed by atoms with Crippen LogP contribution in [0.15, 0.2) is 58.3 Å². The number of hydrogen-bond acceptors (Lipinski definition) is 5. The Bertz CT molecular complexity index is 596. The van der Waals surface area contributed by atoms with Crippen molar-refractivity contribution >= 4 is 17.9 Å². The molecule has 4 nitrogen and oxygen atoms in total. The summed E-state index contributed by atoms with van der Waals surface area (Å²) < 4.78 is 4.43. The first-order chi connectivity index (χ1) is 9.79. The fourth-order valence-electron chi connectivity index (χ4n) is 2.09. The molecular formula is C15H12O4S. The summed E-state index contributed by atoms with van der Waals surface area (Å²) in [5.74, 6) is 0. The highest BCUT2D eigenvalue weighted by Gasteiger charge is 2.28. The standard InChI is InChI=1S/C15H12O4S/c1-17-15(16)19-18-14-10-6-2-4-8-12(10)20-13-9-5-3-7-11(13)14/h2-9,14H,1H3. The summed E-state index contributed by atoms with van der Waals surface area (Å²) in [6.07, 6.45) is -1.30. The topological polar surface area (TPSA) is 44.8 Å². The van der Waals surface area contributed by atoms with Gasteiger partial charge in [0.2, 0.25) is 0 Å². The number of carbonyl (C=O) groups is 1. The van der Waals surface area contributed by atoms with Gasteiger partial charge in [0.15, 0.2) is 6.10 Å². The Kier molecular flexibility index (Phi) is 3.62. The van der Waals surface area contributed by atoms with Crippen LogP contribution >= 0.6 is 11.8 Å². The molecule has 20 heavy (non-hydrogen) atoms. The summed E-state index contributed by atoms with van der Waals surface area (Å²) in [4.78, 5) is 23.3. The molecule has 2 aromatic carbocycles. The van der Waals surface area contributed by atoms with Crippen molar-refractivity contribution in [3.63, 3.8) is 0 Å². The molecule has 0 aromatic heterocycles. The van der Waals surface area contributed by atoms with Crippen molar-refractivity contribution in [2.24, 2.45) is 0 Å². The highest BCUT2D eigenvalue weighted by Crippen LogP contribution is 2.46. The second-order valence-electron chi connectivity index (χ2n) is 4.19. The van der Waals surface area contributed by atoms with Crippen molar-refractivity contribution in [1.82, 2.24) is 0 Å². The summed E-state index contributed by atoms with van der Waals surface area (Å²) in [7, 11) is 1.24. The SMILES string of the molecule is COC(=O)OOC1c2ccccc2Sc2ccccc21. The number of rotatable bonds is 2. The van der Waals surface area contributed by atoms with Crippen LogP contribution in [-0.2, 0) is 14.5 Å². The number of benzene rings is 2. The van der Waals surface area contributed by atoms with Crippen molar-refractivity contribution in [3.05, 3.63) is 59.7 Å². The van der Waals surface area contributed by atoms with Crippen molar-refractivity contribution in [3.8, 4) is 0 Å². The molecule has 0 bridgehead atoms. The Morgan fingerprint density at radius 1 is 1.00 bits per heavy atom. The second kappa shape index (κ2) is 5.56. The lowest BCUT2D eigenvalue weighted by Crippen LogP contribution is -2.15. The summed E-state index contributed by atoms with van der Waals surface area (Å²) >= 11 is 1.67. The molecule has 0 amide bonds. The van der Waals surface area contributed by atoms with Gasteiger partial charge in [-0.15, -0.1) is 0 Å². The molecule has 0 aliphatic carbocycles. The Morgan fingerprint density at radius 2 is 1.55 bits per heavy atom. The van der Waals surface area contributed by atoms with E-state index in [9.17, 15) is 4.79 Å². The van der Waals surface area contributed by atoms with Gasteiger partial charge in [-0.05, 0) is 12.1 Å². The normalized spacial score (nSPS) is 13.2. The Morgan fingerprint density at radius 3 is 2.10 bits per heavy atom. The molecule has 102 valence electrons. The quantitative estimate of drug-likeness (QED) is 0.475. The van der Waals surface area contributed by atoms with E-state index in [4.69, 9.17) is 4.89 Å². The molecule has 3 rings (SSSR count). The molecule has 0 saturated heterocycles. The first-order valence-corrected chi connectivity index (χ1v) is 6.88. The largest absolute Gasteiger partial charge is 0.540 e. The average Bonchev–Trinajstić information content (AvgIpc) is 2.51. The zero-order valence-corrected chi connectivity index (χ0v) is 11.6. The van der Waals surface area contributed by atoms with Crippen LogP contribution in [0.2, 0.25) is 0 Å². The van der Waals surface area contributed by atoms with Crippen molar-refractivity contribution < 1.29 is 19.3 Å². The predicted molar refractivity (Wildman–Crippen MR) is 73.4 cm³/mol. The molecule has 0 saturated carbocycles. The number of hydrogen-bond donors (Lipinski definition) is 0. The van der Waals surface area contributed by atoms with Gasteiger partial charge in [0.25, 0.3) is 0 Å². The lowest BCUT2D eigenvalue weighted by atomic mass is 10.0. The average molecular weight is 288 g/mol. The number of ether oxygens (including phenoxy) is 1. The van der Waals surface area contributed by atoms with Crippen molar-refractivity contribution in [2.75, 3.05) is 7.11 Å². The molecule has 1 heterocycles. The first-order valence-electron chi connectivity index (χ1n) is 6.06. The summed E-state index contributed by atoms with van der Waals surface area (Å²) in [5, 5.41) is 0. The van der Waals surface area contributed by atoms with Crippen molar-refractivity contribution in [1.29, 1.82) is 0 Å². The van der Waals surface area contributed by atoms with Crippen LogP contribution < -0.4 is 0 Å². The Labute approximate surface area is 120 Å². The van der Waals surface area contributed by atoms with E-state index < -0.39 is 12.3 Å². The van der Waals surface area contributed by atoms with Crippen LogP contribution in [-0.4, -0.2) is 13.3 Å². The minimum absolute atomic E-state index is 0.442. The van der Waals surface area contributed by atoms with Gasteiger partial charge in [-0.3, -0.25) is 4.89 Å². The molecule has 0 fully saturated rings. The molecule has 0 radical (unpaired) electrons. The minimum Gasteiger partial charge on any atom is -0.436 e. The van der Waals surface area contributed by atoms with E-state index in [0.717, 1.165) is 20.9 Å². The summed E-state index contributed by atoms with van der Waals surface area (Å²) in [6.45, 7) is 0. The van der Waals surface area contributed by atoms with Crippen LogP contribution in [0.4, 0.5) is 4.79 Å². The van der Waals surface area contributed by atoms with Gasteiger partial charge in [-0.25, -0.2) is 4.79 Å². The van der Waals surface area contributed by atoms with E-state index in [1.54, 1.807) is 11.8 Å². The van der Waals surface area contributed by atoms with Gasteiger partial charge in [0, 0.05) is 20.9 Å². The zero-order valence-electron chi connectivity index (χ0n) is 10.7. The van der Waals surface area contributed by atoms with Crippen LogP contribution in [0.1, 0.15) is 17.2 Å². The highest BCUT2D eigenvalue weighted by atomic mass is 32.2. The van der Waals surface area contributed by atoms with E-state index in [-0.39, 0.29) is 0 Å². The molecule has 1 aliphatic rings. The van der Waals surface area contributed by atoms with E-state index in [1.165, 1.54) is 7.11 Å². The van der Waals surface area contributed by atoms with Crippen LogP contribution in [0.5, 0.6) is 0 Å². The smallest absolute Gasteiger partial charge is 0.436 e. The van der Waals surface area contributed by atoms with Crippen LogP contribution in [0.3, 0.4) is 0 Å². The third kappa shape index (κ3) is 2.37. The van der Waals surface area contributed by atoms with Gasteiger partial charge in [-0.2, -0.15) is 4.89 Å². The molecule has 0 unspecified atom stereocenters. The Balaban J connectivity index is 1.97. The number of methoxy groups -OCH3 is 1. The molecular weight excluding hydrogens is 276 g/mol. The lowest BCUT2D eigenvalue weighted by molar-refractivity contribution is -0.279.